The molecule has 1 unspecified atom stereocenters. The van der Waals surface area contributed by atoms with Crippen LogP contribution in [0.4, 0.5) is 0 Å². The number of ether oxygens (including phenoxy) is 3. The molecule has 1 aromatic heterocycles. The van der Waals surface area contributed by atoms with Crippen LogP contribution in [0.3, 0.4) is 0 Å². The molecule has 0 saturated carbocycles. The maximum Gasteiger partial charge on any atom is 0.273 e. The van der Waals surface area contributed by atoms with Gasteiger partial charge in [0.1, 0.15) is 11.4 Å². The lowest BCUT2D eigenvalue weighted by atomic mass is 9.93. The van der Waals surface area contributed by atoms with E-state index in [0.29, 0.717) is 11.4 Å². The van der Waals surface area contributed by atoms with Crippen molar-refractivity contribution in [3.05, 3.63) is 53.2 Å². The number of rotatable bonds is 5. The first-order chi connectivity index (χ1) is 15.2. The maximum atomic E-state index is 13.5. The van der Waals surface area contributed by atoms with E-state index < -0.39 is 11.6 Å². The SMILES string of the molecule is COc1ccc(-c2n[nH]c3c2C(c2cc(OC)c(O)c(OC)c2)N(C(C)(C)C)C3=O)cc1. The molecule has 3 aromatic rings. The van der Waals surface area contributed by atoms with Crippen molar-refractivity contribution in [3.8, 4) is 34.3 Å². The van der Waals surface area contributed by atoms with Crippen LogP contribution in [0.2, 0.25) is 0 Å². The number of carbonyl (C=O) groups excluding carboxylic acids is 1. The average molecular weight is 437 g/mol. The van der Waals surface area contributed by atoms with Gasteiger partial charge in [-0.05, 0) is 62.7 Å². The molecule has 2 N–H and O–H groups in total. The van der Waals surface area contributed by atoms with Gasteiger partial charge in [0.25, 0.3) is 5.91 Å². The Bertz CT molecular complexity index is 1140. The van der Waals surface area contributed by atoms with E-state index in [1.165, 1.54) is 14.2 Å². The summed E-state index contributed by atoms with van der Waals surface area (Å²) in [5.41, 5.74) is 3.01. The molecule has 32 heavy (non-hydrogen) atoms. The summed E-state index contributed by atoms with van der Waals surface area (Å²) in [6, 6.07) is 10.5. The van der Waals surface area contributed by atoms with Crippen molar-refractivity contribution in [1.29, 1.82) is 0 Å². The molecule has 4 rings (SSSR count). The Morgan fingerprint density at radius 2 is 1.59 bits per heavy atom. The van der Waals surface area contributed by atoms with E-state index in [0.717, 1.165) is 22.4 Å². The minimum Gasteiger partial charge on any atom is -0.502 e. The van der Waals surface area contributed by atoms with Gasteiger partial charge in [-0.3, -0.25) is 9.89 Å². The molecule has 8 nitrogen and oxygen atoms in total. The Morgan fingerprint density at radius 3 is 2.09 bits per heavy atom. The summed E-state index contributed by atoms with van der Waals surface area (Å²) in [5.74, 6) is 1.04. The van der Waals surface area contributed by atoms with Crippen LogP contribution in [0.15, 0.2) is 36.4 Å². The summed E-state index contributed by atoms with van der Waals surface area (Å²) in [6.45, 7) is 5.96. The number of aromatic amines is 1. The summed E-state index contributed by atoms with van der Waals surface area (Å²) in [5, 5.41) is 17.8. The van der Waals surface area contributed by atoms with E-state index in [9.17, 15) is 9.90 Å². The van der Waals surface area contributed by atoms with E-state index in [1.54, 1.807) is 19.2 Å². The van der Waals surface area contributed by atoms with Crippen molar-refractivity contribution in [2.75, 3.05) is 21.3 Å². The van der Waals surface area contributed by atoms with Crippen molar-refractivity contribution < 1.29 is 24.1 Å². The van der Waals surface area contributed by atoms with Gasteiger partial charge in [-0.1, -0.05) is 0 Å². The molecule has 0 bridgehead atoms. The Morgan fingerprint density at radius 1 is 1.00 bits per heavy atom. The first-order valence-electron chi connectivity index (χ1n) is 10.2. The number of phenols is 1. The highest BCUT2D eigenvalue weighted by Crippen LogP contribution is 2.49. The second-order valence-corrected chi connectivity index (χ2v) is 8.61. The number of phenolic OH excluding ortho intramolecular Hbond substituents is 1. The van der Waals surface area contributed by atoms with Crippen LogP contribution in [0, 0.1) is 0 Å². The number of hydrogen-bond acceptors (Lipinski definition) is 6. The third-order valence-electron chi connectivity index (χ3n) is 5.67. The van der Waals surface area contributed by atoms with Gasteiger partial charge in [0, 0.05) is 16.7 Å². The molecule has 0 fully saturated rings. The van der Waals surface area contributed by atoms with E-state index in [4.69, 9.17) is 14.2 Å². The van der Waals surface area contributed by atoms with Crippen molar-refractivity contribution in [2.24, 2.45) is 0 Å². The number of nitrogens with zero attached hydrogens (tertiary/aromatic N) is 2. The third kappa shape index (κ3) is 3.32. The molecular formula is C24H27N3O5. The highest BCUT2D eigenvalue weighted by molar-refractivity contribution is 6.00. The number of fused-ring (bicyclic) bond motifs is 1. The van der Waals surface area contributed by atoms with Crippen molar-refractivity contribution in [3.63, 3.8) is 0 Å². The van der Waals surface area contributed by atoms with Crippen LogP contribution in [0.1, 0.15) is 48.4 Å². The summed E-state index contributed by atoms with van der Waals surface area (Å²) < 4.78 is 16.0. The molecule has 1 atom stereocenters. The fourth-order valence-electron chi connectivity index (χ4n) is 4.19. The van der Waals surface area contributed by atoms with Gasteiger partial charge in [0.05, 0.1) is 33.1 Å². The van der Waals surface area contributed by atoms with Gasteiger partial charge in [0.15, 0.2) is 11.5 Å². The lowest BCUT2D eigenvalue weighted by Crippen LogP contribution is -2.44. The number of carbonyl (C=O) groups is 1. The third-order valence-corrected chi connectivity index (χ3v) is 5.67. The monoisotopic (exact) mass is 437 g/mol. The summed E-state index contributed by atoms with van der Waals surface area (Å²) in [6.07, 6.45) is 0. The number of hydrogen-bond donors (Lipinski definition) is 2. The highest BCUT2D eigenvalue weighted by Gasteiger charge is 2.47. The van der Waals surface area contributed by atoms with Crippen LogP contribution in [0.25, 0.3) is 11.3 Å². The molecule has 0 aliphatic carbocycles. The molecule has 0 spiro atoms. The first-order valence-corrected chi connectivity index (χ1v) is 10.2. The summed E-state index contributed by atoms with van der Waals surface area (Å²) >= 11 is 0. The lowest BCUT2D eigenvalue weighted by Gasteiger charge is -2.38. The van der Waals surface area contributed by atoms with E-state index >= 15 is 0 Å². The fraction of sp³-hybridized carbons (Fsp3) is 0.333. The standard InChI is InChI=1S/C24H27N3O5/c1-24(2,3)27-21(14-11-16(31-5)22(28)17(12-14)32-6)18-19(25-26-20(18)23(27)29)13-7-9-15(30-4)10-8-13/h7-12,21,28H,1-6H3,(H,25,26). The number of nitrogens with one attached hydrogen (secondary N) is 1. The molecule has 2 heterocycles. The van der Waals surface area contributed by atoms with Gasteiger partial charge in [-0.2, -0.15) is 5.10 Å². The number of H-pyrrole nitrogens is 1. The van der Waals surface area contributed by atoms with E-state index in [1.807, 2.05) is 49.9 Å². The van der Waals surface area contributed by atoms with E-state index in [-0.39, 0.29) is 23.2 Å². The molecule has 1 aliphatic heterocycles. The second kappa shape index (κ2) is 7.78. The normalized spacial score (nSPS) is 15.6. The van der Waals surface area contributed by atoms with Gasteiger partial charge in [-0.15, -0.1) is 0 Å². The Labute approximate surface area is 186 Å². The molecule has 1 amide bonds. The summed E-state index contributed by atoms with van der Waals surface area (Å²) in [4.78, 5) is 15.3. The Balaban J connectivity index is 1.95. The highest BCUT2D eigenvalue weighted by atomic mass is 16.5. The minimum absolute atomic E-state index is 0.0897. The van der Waals surface area contributed by atoms with Gasteiger partial charge < -0.3 is 24.2 Å². The zero-order valence-corrected chi connectivity index (χ0v) is 19.0. The Kier molecular flexibility index (Phi) is 5.24. The van der Waals surface area contributed by atoms with Crippen LogP contribution < -0.4 is 14.2 Å². The zero-order valence-electron chi connectivity index (χ0n) is 19.0. The molecule has 168 valence electrons. The van der Waals surface area contributed by atoms with Crippen molar-refractivity contribution in [2.45, 2.75) is 32.4 Å². The van der Waals surface area contributed by atoms with Gasteiger partial charge in [-0.25, -0.2) is 0 Å². The zero-order chi connectivity index (χ0) is 23.2. The minimum atomic E-state index is -0.489. The maximum absolute atomic E-state index is 13.5. The predicted molar refractivity (Wildman–Crippen MR) is 120 cm³/mol. The van der Waals surface area contributed by atoms with Crippen LogP contribution in [-0.4, -0.2) is 53.0 Å². The molecule has 2 aromatic carbocycles. The predicted octanol–water partition coefficient (Wildman–Crippen LogP) is 4.15. The number of aromatic hydroxyl groups is 1. The van der Waals surface area contributed by atoms with E-state index in [2.05, 4.69) is 10.2 Å². The molecule has 0 saturated heterocycles. The van der Waals surface area contributed by atoms with Gasteiger partial charge in [0.2, 0.25) is 5.75 Å². The largest absolute Gasteiger partial charge is 0.502 e. The number of benzene rings is 2. The van der Waals surface area contributed by atoms with Gasteiger partial charge >= 0.3 is 0 Å². The van der Waals surface area contributed by atoms with Crippen LogP contribution >= 0.6 is 0 Å². The molecule has 1 aliphatic rings. The van der Waals surface area contributed by atoms with Crippen molar-refractivity contribution in [1.82, 2.24) is 15.1 Å². The first kappa shape index (κ1) is 21.5. The number of methoxy groups -OCH3 is 3. The summed E-state index contributed by atoms with van der Waals surface area (Å²) in [7, 11) is 4.57. The molecule has 0 radical (unpaired) electrons. The number of aromatic nitrogens is 2. The Hall–Kier alpha value is -3.68. The van der Waals surface area contributed by atoms with Crippen LogP contribution in [0.5, 0.6) is 23.0 Å². The second-order valence-electron chi connectivity index (χ2n) is 8.61. The molecular weight excluding hydrogens is 410 g/mol. The smallest absolute Gasteiger partial charge is 0.273 e. The van der Waals surface area contributed by atoms with Crippen molar-refractivity contribution >= 4 is 5.91 Å². The number of amides is 1. The topological polar surface area (TPSA) is 96.9 Å². The quantitative estimate of drug-likeness (QED) is 0.622. The molecule has 8 heteroatoms. The fourth-order valence-corrected chi connectivity index (χ4v) is 4.19. The van der Waals surface area contributed by atoms with Crippen LogP contribution in [-0.2, 0) is 0 Å². The average Bonchev–Trinajstić information content (AvgIpc) is 3.33. The lowest BCUT2D eigenvalue weighted by molar-refractivity contribution is 0.0545.